The quantitative estimate of drug-likeness (QED) is 0.932. The summed E-state index contributed by atoms with van der Waals surface area (Å²) in [7, 11) is 1.81. The Kier molecular flexibility index (Phi) is 3.26. The van der Waals surface area contributed by atoms with E-state index in [4.69, 9.17) is 4.42 Å². The van der Waals surface area contributed by atoms with Gasteiger partial charge in [0.1, 0.15) is 0 Å². The first-order valence-corrected chi connectivity index (χ1v) is 8.14. The summed E-state index contributed by atoms with van der Waals surface area (Å²) in [4.78, 5) is 26.5. The van der Waals surface area contributed by atoms with Gasteiger partial charge in [0, 0.05) is 37.0 Å². The zero-order valence-electron chi connectivity index (χ0n) is 13.4. The van der Waals surface area contributed by atoms with Crippen molar-refractivity contribution in [2.75, 3.05) is 6.54 Å². The van der Waals surface area contributed by atoms with Crippen LogP contribution < -0.4 is 0 Å². The maximum Gasteiger partial charge on any atom is 0.311 e. The fourth-order valence-corrected chi connectivity index (χ4v) is 4.27. The molecule has 0 bridgehead atoms. The molecule has 3 heterocycles. The van der Waals surface area contributed by atoms with E-state index in [9.17, 15) is 14.7 Å². The summed E-state index contributed by atoms with van der Waals surface area (Å²) in [5, 5.41) is 13.8. The number of aliphatic carboxylic acids is 1. The fourth-order valence-electron chi connectivity index (χ4n) is 4.27. The van der Waals surface area contributed by atoms with Crippen molar-refractivity contribution in [1.29, 1.82) is 0 Å². The number of furan rings is 1. The van der Waals surface area contributed by atoms with Crippen LogP contribution in [0.1, 0.15) is 36.2 Å². The number of amides is 1. The maximum atomic E-state index is 13.0. The minimum atomic E-state index is -0.785. The van der Waals surface area contributed by atoms with E-state index >= 15 is 0 Å². The van der Waals surface area contributed by atoms with Gasteiger partial charge in [-0.25, -0.2) is 0 Å². The second kappa shape index (κ2) is 5.22. The summed E-state index contributed by atoms with van der Waals surface area (Å²) in [6, 6.07) is 1.51. The van der Waals surface area contributed by atoms with Gasteiger partial charge in [-0.3, -0.25) is 14.3 Å². The first kappa shape index (κ1) is 15.0. The molecule has 7 heteroatoms. The molecule has 1 amide bonds. The first-order valence-electron chi connectivity index (χ1n) is 8.14. The molecule has 1 saturated heterocycles. The molecular weight excluding hydrogens is 310 g/mol. The number of carboxylic acids is 1. The Hall–Kier alpha value is -2.57. The third kappa shape index (κ3) is 2.00. The van der Waals surface area contributed by atoms with Crippen LogP contribution in [0.3, 0.4) is 0 Å². The van der Waals surface area contributed by atoms with Crippen molar-refractivity contribution in [3.63, 3.8) is 0 Å². The molecule has 7 nitrogen and oxygen atoms in total. The Morgan fingerprint density at radius 3 is 2.96 bits per heavy atom. The lowest BCUT2D eigenvalue weighted by Crippen LogP contribution is -2.43. The molecule has 1 aliphatic heterocycles. The van der Waals surface area contributed by atoms with E-state index in [2.05, 4.69) is 5.10 Å². The molecule has 2 atom stereocenters. The van der Waals surface area contributed by atoms with Crippen LogP contribution in [0.5, 0.6) is 0 Å². The zero-order valence-corrected chi connectivity index (χ0v) is 13.4. The van der Waals surface area contributed by atoms with Crippen LogP contribution in [0.2, 0.25) is 0 Å². The van der Waals surface area contributed by atoms with E-state index < -0.39 is 11.4 Å². The highest BCUT2D eigenvalue weighted by molar-refractivity contribution is 5.99. The second-order valence-corrected chi connectivity index (χ2v) is 6.68. The zero-order chi connectivity index (χ0) is 16.9. The Bertz CT molecular complexity index is 808. The van der Waals surface area contributed by atoms with E-state index in [0.717, 1.165) is 18.4 Å². The van der Waals surface area contributed by atoms with Crippen LogP contribution in [0.25, 0.3) is 11.1 Å². The molecule has 2 fully saturated rings. The van der Waals surface area contributed by atoms with Crippen LogP contribution >= 0.6 is 0 Å². The molecular formula is C17H19N3O4. The molecule has 1 aliphatic carbocycles. The van der Waals surface area contributed by atoms with Gasteiger partial charge in [0.15, 0.2) is 5.76 Å². The second-order valence-electron chi connectivity index (χ2n) is 6.68. The number of fused-ring (bicyclic) bond motifs is 1. The van der Waals surface area contributed by atoms with E-state index in [1.54, 1.807) is 21.8 Å². The van der Waals surface area contributed by atoms with Gasteiger partial charge in [0.25, 0.3) is 5.91 Å². The summed E-state index contributed by atoms with van der Waals surface area (Å²) in [6.45, 7) is 0.461. The van der Waals surface area contributed by atoms with Crippen molar-refractivity contribution in [3.05, 3.63) is 30.5 Å². The van der Waals surface area contributed by atoms with E-state index in [1.807, 2.05) is 13.2 Å². The van der Waals surface area contributed by atoms with Crippen LogP contribution in [0.4, 0.5) is 0 Å². The van der Waals surface area contributed by atoms with Crippen molar-refractivity contribution < 1.29 is 19.1 Å². The number of nitrogens with zero attached hydrogens (tertiary/aromatic N) is 3. The molecule has 126 valence electrons. The lowest BCUT2D eigenvalue weighted by molar-refractivity contribution is -0.149. The molecule has 0 radical (unpaired) electrons. The number of rotatable bonds is 3. The Labute approximate surface area is 138 Å². The SMILES string of the molecule is Cn1cc(-c2ccoc2C(=O)N2CC[C@]3(C(=O)O)CCC[C@H]23)cn1. The van der Waals surface area contributed by atoms with Gasteiger partial charge in [0.2, 0.25) is 0 Å². The molecule has 24 heavy (non-hydrogen) atoms. The monoisotopic (exact) mass is 329 g/mol. The summed E-state index contributed by atoms with van der Waals surface area (Å²) in [5.41, 5.74) is 0.722. The molecule has 4 rings (SSSR count). The van der Waals surface area contributed by atoms with Gasteiger partial charge >= 0.3 is 5.97 Å². The van der Waals surface area contributed by atoms with Gasteiger partial charge < -0.3 is 14.4 Å². The molecule has 0 unspecified atom stereocenters. The highest BCUT2D eigenvalue weighted by Crippen LogP contribution is 2.49. The van der Waals surface area contributed by atoms with Crippen LogP contribution in [0.15, 0.2) is 29.1 Å². The van der Waals surface area contributed by atoms with E-state index in [0.29, 0.717) is 24.9 Å². The maximum absolute atomic E-state index is 13.0. The van der Waals surface area contributed by atoms with Crippen LogP contribution in [0, 0.1) is 5.41 Å². The normalized spacial score (nSPS) is 25.9. The van der Waals surface area contributed by atoms with Crippen LogP contribution in [-0.4, -0.2) is 44.3 Å². The van der Waals surface area contributed by atoms with Gasteiger partial charge in [-0.2, -0.15) is 5.10 Å². The average Bonchev–Trinajstić information content (AvgIpc) is 3.29. The van der Waals surface area contributed by atoms with Gasteiger partial charge in [-0.1, -0.05) is 6.42 Å². The highest BCUT2D eigenvalue weighted by atomic mass is 16.4. The van der Waals surface area contributed by atoms with Gasteiger partial charge in [-0.15, -0.1) is 0 Å². The van der Waals surface area contributed by atoms with Crippen LogP contribution in [-0.2, 0) is 11.8 Å². The lowest BCUT2D eigenvalue weighted by atomic mass is 9.82. The Morgan fingerprint density at radius 2 is 2.25 bits per heavy atom. The predicted octanol–water partition coefficient (Wildman–Crippen LogP) is 2.15. The first-order chi connectivity index (χ1) is 11.5. The molecule has 1 saturated carbocycles. The number of hydrogen-bond donors (Lipinski definition) is 1. The average molecular weight is 329 g/mol. The van der Waals surface area contributed by atoms with Crippen molar-refractivity contribution in [1.82, 2.24) is 14.7 Å². The largest absolute Gasteiger partial charge is 0.481 e. The number of aromatic nitrogens is 2. The third-order valence-electron chi connectivity index (χ3n) is 5.48. The highest BCUT2D eigenvalue weighted by Gasteiger charge is 2.57. The molecule has 1 N–H and O–H groups in total. The van der Waals surface area contributed by atoms with Crippen molar-refractivity contribution in [2.45, 2.75) is 31.7 Å². The predicted molar refractivity (Wildman–Crippen MR) is 84.3 cm³/mol. The minimum absolute atomic E-state index is 0.228. The molecule has 0 aromatic carbocycles. The lowest BCUT2D eigenvalue weighted by Gasteiger charge is -2.28. The number of carboxylic acid groups (broad SMARTS) is 1. The van der Waals surface area contributed by atoms with Gasteiger partial charge in [0.05, 0.1) is 17.9 Å². The third-order valence-corrected chi connectivity index (χ3v) is 5.48. The minimum Gasteiger partial charge on any atom is -0.481 e. The number of likely N-dealkylation sites (tertiary alicyclic amines) is 1. The van der Waals surface area contributed by atoms with Crippen molar-refractivity contribution >= 4 is 11.9 Å². The molecule has 2 aliphatic rings. The number of aryl methyl sites for hydroxylation is 1. The number of carbonyl (C=O) groups excluding carboxylic acids is 1. The molecule has 0 spiro atoms. The Balaban J connectivity index is 1.66. The number of hydrogen-bond acceptors (Lipinski definition) is 4. The standard InChI is InChI=1S/C17H19N3O4/c1-19-10-11(9-18-19)12-4-8-24-14(12)15(21)20-7-6-17(16(22)23)5-2-3-13(17)20/h4,8-10,13H,2-3,5-7H2,1H3,(H,22,23)/t13-,17+/m0/s1. The van der Waals surface area contributed by atoms with Crippen molar-refractivity contribution in [2.24, 2.45) is 12.5 Å². The fraction of sp³-hybridized carbons (Fsp3) is 0.471. The summed E-state index contributed by atoms with van der Waals surface area (Å²) in [5.74, 6) is -0.753. The summed E-state index contributed by atoms with van der Waals surface area (Å²) >= 11 is 0. The molecule has 2 aromatic rings. The molecule has 2 aromatic heterocycles. The summed E-state index contributed by atoms with van der Waals surface area (Å²) in [6.07, 6.45) is 7.73. The topological polar surface area (TPSA) is 88.6 Å². The van der Waals surface area contributed by atoms with Gasteiger partial charge in [-0.05, 0) is 25.3 Å². The number of carbonyl (C=O) groups is 2. The van der Waals surface area contributed by atoms with E-state index in [1.165, 1.54) is 6.26 Å². The summed E-state index contributed by atoms with van der Waals surface area (Å²) < 4.78 is 7.13. The Morgan fingerprint density at radius 1 is 1.42 bits per heavy atom. The smallest absolute Gasteiger partial charge is 0.311 e. The van der Waals surface area contributed by atoms with E-state index in [-0.39, 0.29) is 17.7 Å². The van der Waals surface area contributed by atoms with Crippen molar-refractivity contribution in [3.8, 4) is 11.1 Å².